The lowest BCUT2D eigenvalue weighted by molar-refractivity contribution is -0.128. The highest BCUT2D eigenvalue weighted by molar-refractivity contribution is 6.30. The first-order chi connectivity index (χ1) is 17.4. The third-order valence-corrected chi connectivity index (χ3v) is 7.83. The van der Waals surface area contributed by atoms with Gasteiger partial charge in [0.05, 0.1) is 17.0 Å². The van der Waals surface area contributed by atoms with E-state index in [0.717, 1.165) is 67.1 Å². The SMILES string of the molecule is Cc1c[nH]c2ncnc(N3CCC(N)(C(=O)N[C@@H](CCN4CCNCC4)c4ccc(Cl)cc4)CC3)c12. The molecular formula is C26H35ClN8O. The van der Waals surface area contributed by atoms with Crippen molar-refractivity contribution in [2.24, 2.45) is 5.73 Å². The van der Waals surface area contributed by atoms with Crippen molar-refractivity contribution in [2.45, 2.75) is 37.8 Å². The van der Waals surface area contributed by atoms with Crippen molar-refractivity contribution >= 4 is 34.4 Å². The van der Waals surface area contributed by atoms with Crippen LogP contribution < -0.4 is 21.3 Å². The van der Waals surface area contributed by atoms with Crippen molar-refractivity contribution in [1.82, 2.24) is 30.5 Å². The number of anilines is 1. The van der Waals surface area contributed by atoms with Gasteiger partial charge in [-0.15, -0.1) is 0 Å². The van der Waals surface area contributed by atoms with Crippen LogP contribution >= 0.6 is 11.6 Å². The fourth-order valence-corrected chi connectivity index (χ4v) is 5.37. The maximum Gasteiger partial charge on any atom is 0.240 e. The molecule has 5 N–H and O–H groups in total. The number of hydrogen-bond acceptors (Lipinski definition) is 7. The van der Waals surface area contributed by atoms with E-state index in [2.05, 4.69) is 35.4 Å². The Kier molecular flexibility index (Phi) is 7.43. The Morgan fingerprint density at radius 2 is 1.89 bits per heavy atom. The summed E-state index contributed by atoms with van der Waals surface area (Å²) in [4.78, 5) is 30.3. The molecule has 10 heteroatoms. The Bertz CT molecular complexity index is 1180. The van der Waals surface area contributed by atoms with Gasteiger partial charge in [-0.05, 0) is 49.4 Å². The van der Waals surface area contributed by atoms with Crippen LogP contribution in [-0.2, 0) is 4.79 Å². The molecule has 0 bridgehead atoms. The van der Waals surface area contributed by atoms with Crippen molar-refractivity contribution in [1.29, 1.82) is 0 Å². The summed E-state index contributed by atoms with van der Waals surface area (Å²) < 4.78 is 0. The van der Waals surface area contributed by atoms with Gasteiger partial charge in [0.15, 0.2) is 0 Å². The van der Waals surface area contributed by atoms with Crippen molar-refractivity contribution in [3.8, 4) is 0 Å². The molecular weight excluding hydrogens is 476 g/mol. The highest BCUT2D eigenvalue weighted by Crippen LogP contribution is 2.31. The summed E-state index contributed by atoms with van der Waals surface area (Å²) in [6.45, 7) is 8.33. The first-order valence-electron chi connectivity index (χ1n) is 12.7. The number of piperazine rings is 1. The number of aromatic amines is 1. The summed E-state index contributed by atoms with van der Waals surface area (Å²) in [6.07, 6.45) is 5.46. The van der Waals surface area contributed by atoms with E-state index in [9.17, 15) is 4.79 Å². The number of hydrogen-bond donors (Lipinski definition) is 4. The number of carbonyl (C=O) groups is 1. The van der Waals surface area contributed by atoms with Crippen LogP contribution in [0.1, 0.15) is 36.4 Å². The van der Waals surface area contributed by atoms with Crippen LogP contribution in [0, 0.1) is 6.92 Å². The molecule has 0 saturated carbocycles. The lowest BCUT2D eigenvalue weighted by Crippen LogP contribution is -2.60. The molecule has 192 valence electrons. The standard InChI is InChI=1S/C26H35ClN8O/c1-18-16-30-23-22(18)24(32-17-31-23)35-12-7-26(28,8-13-35)25(36)33-21(19-2-4-20(27)5-3-19)6-11-34-14-9-29-10-15-34/h2-5,16-17,21,29H,6-15,28H2,1H3,(H,33,36)(H,30,31,32)/t21-/m0/s1. The molecule has 0 unspecified atom stereocenters. The molecule has 0 radical (unpaired) electrons. The average Bonchev–Trinajstić information content (AvgIpc) is 3.29. The monoisotopic (exact) mass is 510 g/mol. The molecule has 36 heavy (non-hydrogen) atoms. The number of aryl methyl sites for hydroxylation is 1. The van der Waals surface area contributed by atoms with Gasteiger partial charge in [-0.2, -0.15) is 0 Å². The van der Waals surface area contributed by atoms with Gasteiger partial charge in [-0.3, -0.25) is 4.79 Å². The number of aromatic nitrogens is 3. The molecule has 2 saturated heterocycles. The largest absolute Gasteiger partial charge is 0.356 e. The molecule has 4 heterocycles. The number of nitrogens with one attached hydrogen (secondary N) is 3. The number of halogens is 1. The normalized spacial score (nSPS) is 19.4. The summed E-state index contributed by atoms with van der Waals surface area (Å²) in [5.74, 6) is 0.810. The lowest BCUT2D eigenvalue weighted by Gasteiger charge is -2.39. The maximum atomic E-state index is 13.6. The Morgan fingerprint density at radius 3 is 2.61 bits per heavy atom. The molecule has 1 atom stereocenters. The number of benzene rings is 1. The maximum absolute atomic E-state index is 13.6. The predicted molar refractivity (Wildman–Crippen MR) is 143 cm³/mol. The van der Waals surface area contributed by atoms with E-state index >= 15 is 0 Å². The number of nitrogens with zero attached hydrogens (tertiary/aromatic N) is 4. The Hall–Kier alpha value is -2.72. The van der Waals surface area contributed by atoms with Crippen molar-refractivity contribution in [2.75, 3.05) is 50.7 Å². The fraction of sp³-hybridized carbons (Fsp3) is 0.500. The second-order valence-electron chi connectivity index (χ2n) is 9.99. The average molecular weight is 511 g/mol. The third-order valence-electron chi connectivity index (χ3n) is 7.58. The van der Waals surface area contributed by atoms with Gasteiger partial charge in [0.25, 0.3) is 0 Å². The minimum atomic E-state index is -0.921. The number of H-pyrrole nitrogens is 1. The van der Waals surface area contributed by atoms with Crippen LogP contribution in [-0.4, -0.2) is 77.1 Å². The second kappa shape index (κ2) is 10.7. The van der Waals surface area contributed by atoms with Gasteiger partial charge >= 0.3 is 0 Å². The fourth-order valence-electron chi connectivity index (χ4n) is 5.25. The van der Waals surface area contributed by atoms with E-state index in [1.165, 1.54) is 0 Å². The quantitative estimate of drug-likeness (QED) is 0.385. The molecule has 2 aromatic heterocycles. The molecule has 0 aliphatic carbocycles. The molecule has 2 aliphatic heterocycles. The van der Waals surface area contributed by atoms with Crippen molar-refractivity contribution in [3.05, 3.63) is 52.9 Å². The minimum Gasteiger partial charge on any atom is -0.356 e. The molecule has 0 spiro atoms. The van der Waals surface area contributed by atoms with Crippen molar-refractivity contribution in [3.63, 3.8) is 0 Å². The third kappa shape index (κ3) is 5.34. The zero-order valence-electron chi connectivity index (χ0n) is 20.8. The van der Waals surface area contributed by atoms with Gasteiger partial charge in [0, 0.05) is 57.0 Å². The topological polar surface area (TPSA) is 115 Å². The summed E-state index contributed by atoms with van der Waals surface area (Å²) >= 11 is 6.13. The number of carbonyl (C=O) groups excluding carboxylic acids is 1. The first-order valence-corrected chi connectivity index (χ1v) is 13.1. The van der Waals surface area contributed by atoms with Crippen LogP contribution in [0.4, 0.5) is 5.82 Å². The molecule has 1 amide bonds. The zero-order valence-corrected chi connectivity index (χ0v) is 21.5. The number of fused-ring (bicyclic) bond motifs is 1. The highest BCUT2D eigenvalue weighted by atomic mass is 35.5. The molecule has 1 aromatic carbocycles. The van der Waals surface area contributed by atoms with Gasteiger partial charge in [0.1, 0.15) is 17.8 Å². The van der Waals surface area contributed by atoms with Crippen LogP contribution in [0.15, 0.2) is 36.8 Å². The zero-order chi connectivity index (χ0) is 25.1. The van der Waals surface area contributed by atoms with Crippen LogP contribution in [0.3, 0.4) is 0 Å². The molecule has 5 rings (SSSR count). The van der Waals surface area contributed by atoms with Gasteiger partial charge in [-0.1, -0.05) is 23.7 Å². The lowest BCUT2D eigenvalue weighted by atomic mass is 9.86. The van der Waals surface area contributed by atoms with Gasteiger partial charge in [-0.25, -0.2) is 9.97 Å². The van der Waals surface area contributed by atoms with Crippen LogP contribution in [0.5, 0.6) is 0 Å². The number of rotatable bonds is 7. The van der Waals surface area contributed by atoms with E-state index in [1.54, 1.807) is 6.33 Å². The Balaban J connectivity index is 1.26. The van der Waals surface area contributed by atoms with E-state index < -0.39 is 5.54 Å². The Labute approximate surface area is 216 Å². The van der Waals surface area contributed by atoms with E-state index in [-0.39, 0.29) is 11.9 Å². The summed E-state index contributed by atoms with van der Waals surface area (Å²) in [5, 5.41) is 8.40. The molecule has 9 nitrogen and oxygen atoms in total. The molecule has 3 aromatic rings. The smallest absolute Gasteiger partial charge is 0.240 e. The van der Waals surface area contributed by atoms with E-state index in [4.69, 9.17) is 17.3 Å². The van der Waals surface area contributed by atoms with Gasteiger partial charge < -0.3 is 31.2 Å². The van der Waals surface area contributed by atoms with Crippen LogP contribution in [0.25, 0.3) is 11.0 Å². The number of piperidine rings is 1. The highest BCUT2D eigenvalue weighted by Gasteiger charge is 2.39. The van der Waals surface area contributed by atoms with E-state index in [1.807, 2.05) is 37.4 Å². The second-order valence-corrected chi connectivity index (χ2v) is 10.4. The summed E-state index contributed by atoms with van der Waals surface area (Å²) in [5.41, 5.74) is 8.81. The number of nitrogens with two attached hydrogens (primary N) is 1. The predicted octanol–water partition coefficient (Wildman–Crippen LogP) is 2.37. The first kappa shape index (κ1) is 25.0. The molecule has 2 aliphatic rings. The van der Waals surface area contributed by atoms with Gasteiger partial charge in [0.2, 0.25) is 5.91 Å². The number of amides is 1. The summed E-state index contributed by atoms with van der Waals surface area (Å²) in [6, 6.07) is 7.63. The van der Waals surface area contributed by atoms with Crippen LogP contribution in [0.2, 0.25) is 5.02 Å². The Morgan fingerprint density at radius 1 is 1.17 bits per heavy atom. The van der Waals surface area contributed by atoms with E-state index in [0.29, 0.717) is 31.0 Å². The van der Waals surface area contributed by atoms with Crippen molar-refractivity contribution < 1.29 is 4.79 Å². The minimum absolute atomic E-state index is 0.0897. The molecule has 2 fully saturated rings. The summed E-state index contributed by atoms with van der Waals surface area (Å²) in [7, 11) is 0.